The molecule has 1 aromatic heterocycles. The van der Waals surface area contributed by atoms with Crippen LogP contribution in [0.3, 0.4) is 0 Å². The van der Waals surface area contributed by atoms with E-state index in [4.69, 9.17) is 21.3 Å². The zero-order valence-electron chi connectivity index (χ0n) is 9.91. The summed E-state index contributed by atoms with van der Waals surface area (Å²) >= 11 is 0. The predicted octanol–water partition coefficient (Wildman–Crippen LogP) is 0.871. The Balaban J connectivity index is 2.03. The molecule has 6 nitrogen and oxygen atoms in total. The Morgan fingerprint density at radius 1 is 1.39 bits per heavy atom. The van der Waals surface area contributed by atoms with Crippen LogP contribution in [0.2, 0.25) is 0 Å². The third-order valence-electron chi connectivity index (χ3n) is 3.33. The number of ether oxygens (including phenoxy) is 1. The number of imidazole rings is 1. The lowest BCUT2D eigenvalue weighted by Crippen LogP contribution is -2.13. The second kappa shape index (κ2) is 4.15. The van der Waals surface area contributed by atoms with Gasteiger partial charge in [-0.3, -0.25) is 0 Å². The molecule has 0 bridgehead atoms. The summed E-state index contributed by atoms with van der Waals surface area (Å²) in [6.07, 6.45) is 3.22. The molecule has 6 heteroatoms. The summed E-state index contributed by atoms with van der Waals surface area (Å²) in [5.41, 5.74) is 14.5. The molecule has 0 aliphatic carbocycles. The summed E-state index contributed by atoms with van der Waals surface area (Å²) in [7, 11) is 0. The Morgan fingerprint density at radius 2 is 2.22 bits per heavy atom. The van der Waals surface area contributed by atoms with E-state index in [1.807, 2.05) is 10.6 Å². The molecule has 2 aromatic rings. The number of aromatic nitrogens is 2. The van der Waals surface area contributed by atoms with E-state index in [0.29, 0.717) is 11.4 Å². The number of rotatable bonds is 2. The van der Waals surface area contributed by atoms with Crippen LogP contribution in [0, 0.1) is 0 Å². The van der Waals surface area contributed by atoms with E-state index in [2.05, 4.69) is 4.98 Å². The summed E-state index contributed by atoms with van der Waals surface area (Å²) in [4.78, 5) is 4.29. The van der Waals surface area contributed by atoms with Crippen molar-refractivity contribution in [3.63, 3.8) is 0 Å². The first-order valence-electron chi connectivity index (χ1n) is 5.97. The lowest BCUT2D eigenvalue weighted by atomic mass is 10.2. The second-order valence-corrected chi connectivity index (χ2v) is 4.60. The van der Waals surface area contributed by atoms with Gasteiger partial charge in [0.2, 0.25) is 0 Å². The van der Waals surface area contributed by atoms with Gasteiger partial charge in [-0.05, 0) is 25.0 Å². The van der Waals surface area contributed by atoms with E-state index >= 15 is 0 Å². The van der Waals surface area contributed by atoms with Crippen LogP contribution in [-0.2, 0) is 4.74 Å². The van der Waals surface area contributed by atoms with E-state index in [-0.39, 0.29) is 18.9 Å². The molecular weight excluding hydrogens is 232 g/mol. The highest BCUT2D eigenvalue weighted by Crippen LogP contribution is 2.32. The molecule has 18 heavy (non-hydrogen) atoms. The molecule has 0 spiro atoms. The Labute approximate surface area is 104 Å². The average molecular weight is 248 g/mol. The fraction of sp³-hybridized carbons (Fsp3) is 0.417. The predicted molar refractivity (Wildman–Crippen MR) is 68.8 cm³/mol. The maximum atomic E-state index is 9.09. The minimum atomic E-state index is -0.103. The fourth-order valence-electron chi connectivity index (χ4n) is 2.44. The highest BCUT2D eigenvalue weighted by Gasteiger charge is 2.27. The second-order valence-electron chi connectivity index (χ2n) is 4.60. The first kappa shape index (κ1) is 11.3. The highest BCUT2D eigenvalue weighted by molar-refractivity contribution is 5.90. The molecule has 0 amide bonds. The van der Waals surface area contributed by atoms with Gasteiger partial charge in [0.25, 0.3) is 0 Å². The zero-order chi connectivity index (χ0) is 12.7. The number of aliphatic hydroxyl groups excluding tert-OH is 1. The number of fused-ring (bicyclic) bond motifs is 1. The number of hydrogen-bond acceptors (Lipinski definition) is 5. The molecule has 1 aromatic carbocycles. The van der Waals surface area contributed by atoms with Gasteiger partial charge in [-0.25, -0.2) is 4.98 Å². The maximum Gasteiger partial charge on any atom is 0.135 e. The minimum Gasteiger partial charge on any atom is -0.399 e. The average Bonchev–Trinajstić information content (AvgIpc) is 2.93. The summed E-state index contributed by atoms with van der Waals surface area (Å²) in [6.45, 7) is 0.0490. The lowest BCUT2D eigenvalue weighted by molar-refractivity contribution is -0.0204. The number of nitrogen functional groups attached to an aromatic ring is 2. The molecule has 1 fully saturated rings. The quantitative estimate of drug-likeness (QED) is 0.685. The number of aliphatic hydroxyl groups is 1. The standard InChI is InChI=1S/C12H16N4O2/c13-7-3-9(14)12-10(4-7)16(6-15-12)11-2-1-8(5-17)18-11/h3-4,6,8,11,17H,1-2,5,13-14H2/t8-,11+/m0/s1. The summed E-state index contributed by atoms with van der Waals surface area (Å²) in [5.74, 6) is 0. The SMILES string of the molecule is Nc1cc(N)c2ncn([C@H]3CC[C@@H](CO)O3)c2c1. The zero-order valence-corrected chi connectivity index (χ0v) is 9.91. The third-order valence-corrected chi connectivity index (χ3v) is 3.33. The Morgan fingerprint density at radius 3 is 2.94 bits per heavy atom. The van der Waals surface area contributed by atoms with Crippen molar-refractivity contribution in [2.24, 2.45) is 0 Å². The van der Waals surface area contributed by atoms with Crippen molar-refractivity contribution in [3.8, 4) is 0 Å². The smallest absolute Gasteiger partial charge is 0.135 e. The molecule has 0 unspecified atom stereocenters. The van der Waals surface area contributed by atoms with Crippen molar-refractivity contribution in [1.82, 2.24) is 9.55 Å². The minimum absolute atomic E-state index is 0.0490. The Hall–Kier alpha value is -1.79. The van der Waals surface area contributed by atoms with E-state index in [9.17, 15) is 0 Å². The van der Waals surface area contributed by atoms with Crippen LogP contribution in [0.25, 0.3) is 11.0 Å². The van der Waals surface area contributed by atoms with Gasteiger partial charge in [-0.2, -0.15) is 0 Å². The van der Waals surface area contributed by atoms with Gasteiger partial charge < -0.3 is 25.9 Å². The van der Waals surface area contributed by atoms with Crippen molar-refractivity contribution < 1.29 is 9.84 Å². The van der Waals surface area contributed by atoms with Gasteiger partial charge in [0.1, 0.15) is 11.7 Å². The molecule has 1 aliphatic rings. The molecule has 5 N–H and O–H groups in total. The number of anilines is 2. The van der Waals surface area contributed by atoms with E-state index < -0.39 is 0 Å². The maximum absolute atomic E-state index is 9.09. The third kappa shape index (κ3) is 1.70. The first-order chi connectivity index (χ1) is 8.69. The van der Waals surface area contributed by atoms with Crippen molar-refractivity contribution in [2.45, 2.75) is 25.2 Å². The summed E-state index contributed by atoms with van der Waals surface area (Å²) in [6, 6.07) is 3.54. The van der Waals surface area contributed by atoms with Gasteiger partial charge in [0.15, 0.2) is 0 Å². The van der Waals surface area contributed by atoms with Crippen molar-refractivity contribution in [1.29, 1.82) is 0 Å². The molecule has 2 atom stereocenters. The van der Waals surface area contributed by atoms with Crippen LogP contribution in [0.1, 0.15) is 19.1 Å². The normalized spacial score (nSPS) is 23.8. The number of nitrogens with two attached hydrogens (primary N) is 2. The largest absolute Gasteiger partial charge is 0.399 e. The van der Waals surface area contributed by atoms with Crippen molar-refractivity contribution in [3.05, 3.63) is 18.5 Å². The van der Waals surface area contributed by atoms with E-state index in [1.165, 1.54) is 0 Å². The Bertz CT molecular complexity index is 581. The number of hydrogen-bond donors (Lipinski definition) is 3. The van der Waals surface area contributed by atoms with Crippen LogP contribution in [0.4, 0.5) is 11.4 Å². The topological polar surface area (TPSA) is 99.3 Å². The van der Waals surface area contributed by atoms with Gasteiger partial charge in [-0.15, -0.1) is 0 Å². The first-order valence-corrected chi connectivity index (χ1v) is 5.97. The molecule has 3 rings (SSSR count). The Kier molecular flexibility index (Phi) is 2.61. The van der Waals surface area contributed by atoms with Gasteiger partial charge >= 0.3 is 0 Å². The van der Waals surface area contributed by atoms with Crippen LogP contribution < -0.4 is 11.5 Å². The number of benzene rings is 1. The highest BCUT2D eigenvalue weighted by atomic mass is 16.5. The van der Waals surface area contributed by atoms with E-state index in [1.54, 1.807) is 12.4 Å². The molecule has 0 radical (unpaired) electrons. The van der Waals surface area contributed by atoms with Crippen LogP contribution >= 0.6 is 0 Å². The summed E-state index contributed by atoms with van der Waals surface area (Å²) in [5, 5.41) is 9.09. The number of nitrogens with zero attached hydrogens (tertiary/aromatic N) is 2. The van der Waals surface area contributed by atoms with Gasteiger partial charge in [0.05, 0.1) is 30.2 Å². The van der Waals surface area contributed by atoms with E-state index in [0.717, 1.165) is 23.9 Å². The fourth-order valence-corrected chi connectivity index (χ4v) is 2.44. The van der Waals surface area contributed by atoms with Crippen molar-refractivity contribution in [2.75, 3.05) is 18.1 Å². The van der Waals surface area contributed by atoms with Crippen molar-refractivity contribution >= 4 is 22.4 Å². The van der Waals surface area contributed by atoms with Crippen LogP contribution in [0.5, 0.6) is 0 Å². The van der Waals surface area contributed by atoms with Gasteiger partial charge in [0, 0.05) is 5.69 Å². The molecular formula is C12H16N4O2. The lowest BCUT2D eigenvalue weighted by Gasteiger charge is -2.14. The molecule has 2 heterocycles. The molecule has 1 saturated heterocycles. The molecule has 1 aliphatic heterocycles. The van der Waals surface area contributed by atoms with Crippen LogP contribution in [0.15, 0.2) is 18.5 Å². The molecule has 96 valence electrons. The summed E-state index contributed by atoms with van der Waals surface area (Å²) < 4.78 is 7.66. The van der Waals surface area contributed by atoms with Crippen LogP contribution in [-0.4, -0.2) is 27.4 Å². The monoisotopic (exact) mass is 248 g/mol. The molecule has 0 saturated carbocycles. The van der Waals surface area contributed by atoms with Gasteiger partial charge in [-0.1, -0.05) is 0 Å².